The second-order valence-electron chi connectivity index (χ2n) is 4.18. The number of rotatable bonds is 4. The summed E-state index contributed by atoms with van der Waals surface area (Å²) in [5, 5.41) is 3.02. The Kier molecular flexibility index (Phi) is 4.28. The van der Waals surface area contributed by atoms with Gasteiger partial charge in [0.05, 0.1) is 6.10 Å². The maximum Gasteiger partial charge on any atom is 0.156 e. The van der Waals surface area contributed by atoms with E-state index in [0.29, 0.717) is 6.61 Å². The average Bonchev–Trinajstić information content (AvgIpc) is 2.37. The summed E-state index contributed by atoms with van der Waals surface area (Å²) < 4.78 is 11.1. The summed E-state index contributed by atoms with van der Waals surface area (Å²) in [5.74, 6) is 1.57. The number of nitrogens with one attached hydrogen (secondary N) is 1. The fourth-order valence-electron chi connectivity index (χ4n) is 1.86. The molecule has 0 saturated carbocycles. The van der Waals surface area contributed by atoms with Crippen molar-refractivity contribution in [2.75, 3.05) is 25.6 Å². The number of anilines is 1. The molecular weight excluding hydrogens is 218 g/mol. The average molecular weight is 237 g/mol. The van der Waals surface area contributed by atoms with Crippen LogP contribution in [0.3, 0.4) is 0 Å². The highest BCUT2D eigenvalue weighted by atomic mass is 16.5. The number of hydrogen-bond acceptors (Lipinski definition) is 5. The lowest BCUT2D eigenvalue weighted by atomic mass is 10.2. The molecule has 17 heavy (non-hydrogen) atoms. The van der Waals surface area contributed by atoms with Crippen LogP contribution in [0.2, 0.25) is 0 Å². The van der Waals surface area contributed by atoms with Crippen LogP contribution >= 0.6 is 0 Å². The Labute approximate surface area is 102 Å². The van der Waals surface area contributed by atoms with Crippen LogP contribution in [0.15, 0.2) is 6.07 Å². The molecule has 1 aliphatic heterocycles. The van der Waals surface area contributed by atoms with Crippen LogP contribution in [0.4, 0.5) is 5.82 Å². The summed E-state index contributed by atoms with van der Waals surface area (Å²) in [6.07, 6.45) is 2.21. The largest absolute Gasteiger partial charge is 0.381 e. The normalized spacial score (nSPS) is 17.1. The third kappa shape index (κ3) is 3.64. The molecular formula is C12H19N3O2. The van der Waals surface area contributed by atoms with Gasteiger partial charge in [0.15, 0.2) is 5.82 Å². The lowest BCUT2D eigenvalue weighted by Gasteiger charge is -2.22. The van der Waals surface area contributed by atoms with Gasteiger partial charge in [-0.05, 0) is 19.8 Å². The summed E-state index contributed by atoms with van der Waals surface area (Å²) >= 11 is 0. The number of ether oxygens (including phenoxy) is 2. The summed E-state index contributed by atoms with van der Waals surface area (Å²) in [7, 11) is 1.85. The highest BCUT2D eigenvalue weighted by molar-refractivity contribution is 5.34. The van der Waals surface area contributed by atoms with Gasteiger partial charge in [-0.15, -0.1) is 0 Å². The third-order valence-electron chi connectivity index (χ3n) is 2.77. The highest BCUT2D eigenvalue weighted by Gasteiger charge is 2.14. The summed E-state index contributed by atoms with van der Waals surface area (Å²) in [4.78, 5) is 8.72. The van der Waals surface area contributed by atoms with Crippen molar-refractivity contribution in [2.45, 2.75) is 32.5 Å². The fourth-order valence-corrected chi connectivity index (χ4v) is 1.86. The first-order valence-electron chi connectivity index (χ1n) is 5.99. The van der Waals surface area contributed by atoms with E-state index in [9.17, 15) is 0 Å². The van der Waals surface area contributed by atoms with Crippen molar-refractivity contribution in [3.63, 3.8) is 0 Å². The molecule has 94 valence electrons. The monoisotopic (exact) mass is 237 g/mol. The lowest BCUT2D eigenvalue weighted by Crippen LogP contribution is -2.23. The highest BCUT2D eigenvalue weighted by Crippen LogP contribution is 2.13. The minimum atomic E-state index is 0.283. The molecule has 0 bridgehead atoms. The van der Waals surface area contributed by atoms with Gasteiger partial charge in [-0.2, -0.15) is 0 Å². The molecule has 0 atom stereocenters. The van der Waals surface area contributed by atoms with Gasteiger partial charge >= 0.3 is 0 Å². The van der Waals surface area contributed by atoms with E-state index in [4.69, 9.17) is 9.47 Å². The molecule has 1 aromatic rings. The Balaban J connectivity index is 1.91. The quantitative estimate of drug-likeness (QED) is 0.860. The molecule has 0 aliphatic carbocycles. The fraction of sp³-hybridized carbons (Fsp3) is 0.667. The maximum absolute atomic E-state index is 5.79. The standard InChI is InChI=1S/C12H19N3O2/c1-9-7-11(13-2)15-12(14-9)8-17-10-3-5-16-6-4-10/h7,10H,3-6,8H2,1-2H3,(H,13,14,15). The van der Waals surface area contributed by atoms with Crippen LogP contribution in [0, 0.1) is 6.92 Å². The number of nitrogens with zero attached hydrogens (tertiary/aromatic N) is 2. The molecule has 0 spiro atoms. The van der Waals surface area contributed by atoms with Crippen LogP contribution in [-0.2, 0) is 16.1 Å². The minimum absolute atomic E-state index is 0.283. The summed E-state index contributed by atoms with van der Waals surface area (Å²) in [5.41, 5.74) is 0.954. The molecule has 1 saturated heterocycles. The minimum Gasteiger partial charge on any atom is -0.381 e. The van der Waals surface area contributed by atoms with Crippen LogP contribution in [0.5, 0.6) is 0 Å². The predicted molar refractivity (Wildman–Crippen MR) is 64.9 cm³/mol. The Morgan fingerprint density at radius 2 is 2.18 bits per heavy atom. The van der Waals surface area contributed by atoms with Crippen molar-refractivity contribution in [3.8, 4) is 0 Å². The number of hydrogen-bond donors (Lipinski definition) is 1. The second-order valence-corrected chi connectivity index (χ2v) is 4.18. The molecule has 1 fully saturated rings. The van der Waals surface area contributed by atoms with Crippen molar-refractivity contribution in [1.29, 1.82) is 0 Å². The molecule has 2 heterocycles. The zero-order valence-corrected chi connectivity index (χ0v) is 10.4. The summed E-state index contributed by atoms with van der Waals surface area (Å²) in [6.45, 7) is 4.02. The Hall–Kier alpha value is -1.20. The molecule has 5 nitrogen and oxygen atoms in total. The second kappa shape index (κ2) is 5.93. The predicted octanol–water partition coefficient (Wildman–Crippen LogP) is 1.52. The van der Waals surface area contributed by atoms with E-state index in [1.54, 1.807) is 0 Å². The topological polar surface area (TPSA) is 56.3 Å². The van der Waals surface area contributed by atoms with Crippen molar-refractivity contribution >= 4 is 5.82 Å². The van der Waals surface area contributed by atoms with Gasteiger partial charge in [-0.25, -0.2) is 9.97 Å². The van der Waals surface area contributed by atoms with Gasteiger partial charge < -0.3 is 14.8 Å². The van der Waals surface area contributed by atoms with Crippen LogP contribution in [-0.4, -0.2) is 36.3 Å². The van der Waals surface area contributed by atoms with Crippen molar-refractivity contribution in [1.82, 2.24) is 9.97 Å². The molecule has 5 heteroatoms. The van der Waals surface area contributed by atoms with Gasteiger partial charge in [-0.1, -0.05) is 0 Å². The molecule has 1 aliphatic rings. The van der Waals surface area contributed by atoms with E-state index < -0.39 is 0 Å². The smallest absolute Gasteiger partial charge is 0.156 e. The molecule has 1 N–H and O–H groups in total. The molecule has 0 aromatic carbocycles. The van der Waals surface area contributed by atoms with E-state index in [0.717, 1.165) is 43.4 Å². The Morgan fingerprint density at radius 1 is 1.41 bits per heavy atom. The van der Waals surface area contributed by atoms with Crippen LogP contribution in [0.1, 0.15) is 24.4 Å². The van der Waals surface area contributed by atoms with E-state index in [1.165, 1.54) is 0 Å². The number of aryl methyl sites for hydroxylation is 1. The van der Waals surface area contributed by atoms with Crippen LogP contribution < -0.4 is 5.32 Å². The van der Waals surface area contributed by atoms with Gasteiger partial charge in [0, 0.05) is 32.0 Å². The SMILES string of the molecule is CNc1cc(C)nc(COC2CCOCC2)n1. The van der Waals surface area contributed by atoms with Crippen molar-refractivity contribution in [3.05, 3.63) is 17.6 Å². The van der Waals surface area contributed by atoms with Crippen molar-refractivity contribution < 1.29 is 9.47 Å². The lowest BCUT2D eigenvalue weighted by molar-refractivity contribution is -0.0409. The van der Waals surface area contributed by atoms with Crippen molar-refractivity contribution in [2.24, 2.45) is 0 Å². The molecule has 2 rings (SSSR count). The maximum atomic E-state index is 5.79. The van der Waals surface area contributed by atoms with E-state index in [2.05, 4.69) is 15.3 Å². The zero-order valence-electron chi connectivity index (χ0n) is 10.4. The first-order chi connectivity index (χ1) is 8.28. The molecule has 0 unspecified atom stereocenters. The van der Waals surface area contributed by atoms with Crippen LogP contribution in [0.25, 0.3) is 0 Å². The van der Waals surface area contributed by atoms with Gasteiger partial charge in [0.1, 0.15) is 12.4 Å². The van der Waals surface area contributed by atoms with E-state index >= 15 is 0 Å². The zero-order chi connectivity index (χ0) is 12.1. The molecule has 0 radical (unpaired) electrons. The first kappa shape index (κ1) is 12.3. The van der Waals surface area contributed by atoms with E-state index in [-0.39, 0.29) is 6.10 Å². The Bertz CT molecular complexity index is 365. The Morgan fingerprint density at radius 3 is 2.88 bits per heavy atom. The molecule has 1 aromatic heterocycles. The summed E-state index contributed by atoms with van der Waals surface area (Å²) in [6, 6.07) is 1.91. The van der Waals surface area contributed by atoms with E-state index in [1.807, 2.05) is 20.0 Å². The third-order valence-corrected chi connectivity index (χ3v) is 2.77. The number of aromatic nitrogens is 2. The van der Waals surface area contributed by atoms with Gasteiger partial charge in [0.25, 0.3) is 0 Å². The molecule has 0 amide bonds. The van der Waals surface area contributed by atoms with Gasteiger partial charge in [0.2, 0.25) is 0 Å². The first-order valence-corrected chi connectivity index (χ1v) is 5.99. The van der Waals surface area contributed by atoms with Gasteiger partial charge in [-0.3, -0.25) is 0 Å².